The first-order valence-corrected chi connectivity index (χ1v) is 4.18. The quantitative estimate of drug-likeness (QED) is 0.735. The molecule has 0 unspecified atom stereocenters. The van der Waals surface area contributed by atoms with Gasteiger partial charge in [-0.25, -0.2) is 4.39 Å². The first-order chi connectivity index (χ1) is 5.72. The molecule has 0 amide bonds. The fraction of sp³-hybridized carbons (Fsp3) is 0.400. The molecule has 0 aromatic heterocycles. The molecule has 1 N–H and O–H groups in total. The maximum Gasteiger partial charge on any atom is 0.160 e. The molecule has 0 atom stereocenters. The standard InChI is InChI=1S/C10H12FN.ClH/c1-8-4-2-3-5-9(8)10(11)6-12-7-10;/h2-5,12H,6-7H2,1H3;1H. The Morgan fingerprint density at radius 1 is 1.31 bits per heavy atom. The highest BCUT2D eigenvalue weighted by Gasteiger charge is 2.39. The Bertz CT molecular complexity index is 297. The zero-order chi connectivity index (χ0) is 8.60. The number of halogens is 2. The largest absolute Gasteiger partial charge is 0.310 e. The first-order valence-electron chi connectivity index (χ1n) is 4.18. The third-order valence-corrected chi connectivity index (χ3v) is 2.44. The van der Waals surface area contributed by atoms with E-state index in [0.29, 0.717) is 13.1 Å². The van der Waals surface area contributed by atoms with Crippen LogP contribution >= 0.6 is 12.4 Å². The summed E-state index contributed by atoms with van der Waals surface area (Å²) in [6.07, 6.45) is 0. The molecular formula is C10H13ClFN. The summed E-state index contributed by atoms with van der Waals surface area (Å²) in [5.41, 5.74) is 0.774. The molecule has 0 spiro atoms. The molecule has 1 heterocycles. The molecule has 13 heavy (non-hydrogen) atoms. The second-order valence-corrected chi connectivity index (χ2v) is 3.38. The van der Waals surface area contributed by atoms with Crippen LogP contribution in [0, 0.1) is 6.92 Å². The van der Waals surface area contributed by atoms with E-state index in [4.69, 9.17) is 0 Å². The monoisotopic (exact) mass is 201 g/mol. The van der Waals surface area contributed by atoms with E-state index in [9.17, 15) is 4.39 Å². The summed E-state index contributed by atoms with van der Waals surface area (Å²) in [5, 5.41) is 2.95. The summed E-state index contributed by atoms with van der Waals surface area (Å²) < 4.78 is 13.8. The summed E-state index contributed by atoms with van der Waals surface area (Å²) in [4.78, 5) is 0. The average Bonchev–Trinajstić information content (AvgIpc) is 2.01. The Morgan fingerprint density at radius 3 is 2.38 bits per heavy atom. The summed E-state index contributed by atoms with van der Waals surface area (Å²) in [6.45, 7) is 2.87. The number of rotatable bonds is 1. The molecule has 72 valence electrons. The van der Waals surface area contributed by atoms with Crippen molar-refractivity contribution in [2.45, 2.75) is 12.6 Å². The first kappa shape index (κ1) is 10.5. The molecular weight excluding hydrogens is 189 g/mol. The predicted molar refractivity (Wildman–Crippen MR) is 54.1 cm³/mol. The van der Waals surface area contributed by atoms with Gasteiger partial charge in [0.25, 0.3) is 0 Å². The van der Waals surface area contributed by atoms with Gasteiger partial charge in [0.15, 0.2) is 5.67 Å². The lowest BCUT2D eigenvalue weighted by atomic mass is 9.87. The molecule has 1 saturated heterocycles. The molecule has 1 aromatic rings. The van der Waals surface area contributed by atoms with Crippen LogP contribution in [0.3, 0.4) is 0 Å². The van der Waals surface area contributed by atoms with Gasteiger partial charge in [-0.15, -0.1) is 12.4 Å². The van der Waals surface area contributed by atoms with Crippen molar-refractivity contribution in [3.63, 3.8) is 0 Å². The van der Waals surface area contributed by atoms with Gasteiger partial charge < -0.3 is 5.32 Å². The number of nitrogens with one attached hydrogen (secondary N) is 1. The van der Waals surface area contributed by atoms with Gasteiger partial charge in [0.2, 0.25) is 0 Å². The SMILES string of the molecule is Cc1ccccc1C1(F)CNC1.Cl. The van der Waals surface area contributed by atoms with Crippen LogP contribution in [0.1, 0.15) is 11.1 Å². The molecule has 1 fully saturated rings. The molecule has 2 rings (SSSR count). The highest BCUT2D eigenvalue weighted by molar-refractivity contribution is 5.85. The van der Waals surface area contributed by atoms with E-state index in [1.807, 2.05) is 31.2 Å². The van der Waals surface area contributed by atoms with Gasteiger partial charge in [-0.1, -0.05) is 24.3 Å². The molecule has 1 nitrogen and oxygen atoms in total. The highest BCUT2D eigenvalue weighted by Crippen LogP contribution is 2.31. The van der Waals surface area contributed by atoms with E-state index in [-0.39, 0.29) is 12.4 Å². The van der Waals surface area contributed by atoms with E-state index in [1.165, 1.54) is 0 Å². The van der Waals surface area contributed by atoms with E-state index in [2.05, 4.69) is 5.32 Å². The number of aryl methyl sites for hydroxylation is 1. The molecule has 0 saturated carbocycles. The molecule has 0 bridgehead atoms. The third kappa shape index (κ3) is 1.69. The fourth-order valence-electron chi connectivity index (χ4n) is 1.61. The zero-order valence-electron chi connectivity index (χ0n) is 7.51. The van der Waals surface area contributed by atoms with Crippen LogP contribution in [-0.2, 0) is 5.67 Å². The molecule has 0 aliphatic carbocycles. The molecule has 1 aliphatic rings. The maximum atomic E-state index is 13.8. The van der Waals surface area contributed by atoms with Gasteiger partial charge in [-0.05, 0) is 18.1 Å². The number of hydrogen-bond donors (Lipinski definition) is 1. The van der Waals surface area contributed by atoms with Crippen LogP contribution in [0.25, 0.3) is 0 Å². The van der Waals surface area contributed by atoms with Crippen molar-refractivity contribution in [2.75, 3.05) is 13.1 Å². The lowest BCUT2D eigenvalue weighted by Crippen LogP contribution is -2.53. The van der Waals surface area contributed by atoms with Crippen LogP contribution < -0.4 is 5.32 Å². The second-order valence-electron chi connectivity index (χ2n) is 3.38. The summed E-state index contributed by atoms with van der Waals surface area (Å²) in [5.74, 6) is 0. The average molecular weight is 202 g/mol. The normalized spacial score (nSPS) is 18.6. The van der Waals surface area contributed by atoms with Gasteiger partial charge in [-0.3, -0.25) is 0 Å². The number of hydrogen-bond acceptors (Lipinski definition) is 1. The van der Waals surface area contributed by atoms with Gasteiger partial charge in [0.05, 0.1) is 0 Å². The van der Waals surface area contributed by atoms with Crippen LogP contribution in [0.2, 0.25) is 0 Å². The van der Waals surface area contributed by atoms with Crippen molar-refractivity contribution in [3.8, 4) is 0 Å². The van der Waals surface area contributed by atoms with Crippen LogP contribution in [0.15, 0.2) is 24.3 Å². The highest BCUT2D eigenvalue weighted by atomic mass is 35.5. The maximum absolute atomic E-state index is 13.8. The van der Waals surface area contributed by atoms with Crippen molar-refractivity contribution in [1.29, 1.82) is 0 Å². The smallest absolute Gasteiger partial charge is 0.160 e. The molecule has 0 radical (unpaired) electrons. The Labute approximate surface area is 83.8 Å². The lowest BCUT2D eigenvalue weighted by molar-refractivity contribution is 0.0884. The van der Waals surface area contributed by atoms with Crippen LogP contribution in [0.5, 0.6) is 0 Å². The minimum Gasteiger partial charge on any atom is -0.310 e. The van der Waals surface area contributed by atoms with Crippen LogP contribution in [0.4, 0.5) is 4.39 Å². The van der Waals surface area contributed by atoms with E-state index < -0.39 is 5.67 Å². The molecule has 1 aromatic carbocycles. The summed E-state index contributed by atoms with van der Waals surface area (Å²) >= 11 is 0. The molecule has 3 heteroatoms. The summed E-state index contributed by atoms with van der Waals surface area (Å²) in [6, 6.07) is 7.65. The Balaban J connectivity index is 0.000000845. The van der Waals surface area contributed by atoms with Gasteiger partial charge in [0, 0.05) is 13.1 Å². The fourth-order valence-corrected chi connectivity index (χ4v) is 1.61. The number of alkyl halides is 1. The van der Waals surface area contributed by atoms with Crippen molar-refractivity contribution < 1.29 is 4.39 Å². The van der Waals surface area contributed by atoms with Crippen molar-refractivity contribution in [2.24, 2.45) is 0 Å². The van der Waals surface area contributed by atoms with Gasteiger partial charge in [0.1, 0.15) is 0 Å². The number of benzene rings is 1. The molecule has 1 aliphatic heterocycles. The minimum atomic E-state index is -1.11. The summed E-state index contributed by atoms with van der Waals surface area (Å²) in [7, 11) is 0. The van der Waals surface area contributed by atoms with Crippen molar-refractivity contribution in [3.05, 3.63) is 35.4 Å². The minimum absolute atomic E-state index is 0. The van der Waals surface area contributed by atoms with Gasteiger partial charge in [-0.2, -0.15) is 0 Å². The Hall–Kier alpha value is -0.600. The predicted octanol–water partition coefficient (Wildman–Crippen LogP) is 2.18. The topological polar surface area (TPSA) is 12.0 Å². The van der Waals surface area contributed by atoms with Crippen molar-refractivity contribution in [1.82, 2.24) is 5.32 Å². The van der Waals surface area contributed by atoms with Crippen LogP contribution in [-0.4, -0.2) is 13.1 Å². The Morgan fingerprint density at radius 2 is 1.92 bits per heavy atom. The van der Waals surface area contributed by atoms with Gasteiger partial charge >= 0.3 is 0 Å². The second kappa shape index (κ2) is 3.64. The van der Waals surface area contributed by atoms with E-state index in [0.717, 1.165) is 11.1 Å². The Kier molecular flexibility index (Phi) is 2.94. The third-order valence-electron chi connectivity index (χ3n) is 2.44. The lowest BCUT2D eigenvalue weighted by Gasteiger charge is -2.36. The zero-order valence-corrected chi connectivity index (χ0v) is 8.33. The van der Waals surface area contributed by atoms with E-state index >= 15 is 0 Å². The van der Waals surface area contributed by atoms with E-state index in [1.54, 1.807) is 0 Å². The van der Waals surface area contributed by atoms with Crippen molar-refractivity contribution >= 4 is 12.4 Å².